The van der Waals surface area contributed by atoms with Crippen molar-refractivity contribution in [2.75, 3.05) is 38.7 Å². The number of nitrogens with one attached hydrogen (secondary N) is 1. The minimum atomic E-state index is -0.540. The van der Waals surface area contributed by atoms with E-state index in [4.69, 9.17) is 14.2 Å². The second-order valence-corrected chi connectivity index (χ2v) is 6.72. The van der Waals surface area contributed by atoms with Gasteiger partial charge in [0.05, 0.1) is 13.7 Å². The number of carbonyl (C=O) groups is 1. The van der Waals surface area contributed by atoms with Crippen molar-refractivity contribution in [3.63, 3.8) is 0 Å². The molecule has 1 aromatic carbocycles. The molecule has 0 atom stereocenters. The molecular weight excluding hydrogens is 320 g/mol. The lowest BCUT2D eigenvalue weighted by atomic mass is 10.2. The summed E-state index contributed by atoms with van der Waals surface area (Å²) >= 11 is 0. The molecule has 0 unspecified atom stereocenters. The standard InChI is InChI=1S/C19H32N2O4/c1-7-21(8-2)12-9-13-24-16-11-10-15(14-17(16)23-6)20-18(22)25-19(3,4)5/h10-11,14H,7-9,12-13H2,1-6H3,(H,20,22). The summed E-state index contributed by atoms with van der Waals surface area (Å²) in [4.78, 5) is 14.2. The first-order chi connectivity index (χ1) is 11.8. The smallest absolute Gasteiger partial charge is 0.412 e. The van der Waals surface area contributed by atoms with Gasteiger partial charge in [-0.05, 0) is 52.4 Å². The Morgan fingerprint density at radius 3 is 2.40 bits per heavy atom. The van der Waals surface area contributed by atoms with Gasteiger partial charge < -0.3 is 19.1 Å². The Labute approximate surface area is 151 Å². The van der Waals surface area contributed by atoms with Crippen molar-refractivity contribution in [1.29, 1.82) is 0 Å². The molecule has 1 N–H and O–H groups in total. The molecule has 1 rings (SSSR count). The Kier molecular flexibility index (Phi) is 8.55. The van der Waals surface area contributed by atoms with Gasteiger partial charge in [-0.3, -0.25) is 5.32 Å². The summed E-state index contributed by atoms with van der Waals surface area (Å²) in [6.07, 6.45) is 0.449. The number of nitrogens with zero attached hydrogens (tertiary/aromatic N) is 1. The van der Waals surface area contributed by atoms with E-state index in [0.29, 0.717) is 23.8 Å². The lowest BCUT2D eigenvalue weighted by Crippen LogP contribution is -2.27. The molecule has 0 spiro atoms. The zero-order valence-electron chi connectivity index (χ0n) is 16.3. The lowest BCUT2D eigenvalue weighted by molar-refractivity contribution is 0.0636. The van der Waals surface area contributed by atoms with E-state index < -0.39 is 11.7 Å². The van der Waals surface area contributed by atoms with Crippen molar-refractivity contribution < 1.29 is 19.0 Å². The van der Waals surface area contributed by atoms with Gasteiger partial charge in [0.1, 0.15) is 5.60 Å². The Morgan fingerprint density at radius 2 is 1.84 bits per heavy atom. The summed E-state index contributed by atoms with van der Waals surface area (Å²) in [5.74, 6) is 1.24. The van der Waals surface area contributed by atoms with Gasteiger partial charge in [-0.15, -0.1) is 0 Å². The Balaban J connectivity index is 2.58. The van der Waals surface area contributed by atoms with Crippen LogP contribution in [0.3, 0.4) is 0 Å². The van der Waals surface area contributed by atoms with E-state index >= 15 is 0 Å². The van der Waals surface area contributed by atoms with Gasteiger partial charge in [-0.2, -0.15) is 0 Å². The molecule has 0 saturated heterocycles. The fourth-order valence-electron chi connectivity index (χ4n) is 2.30. The zero-order chi connectivity index (χ0) is 18.9. The number of hydrogen-bond donors (Lipinski definition) is 1. The molecule has 0 heterocycles. The molecule has 0 bridgehead atoms. The van der Waals surface area contributed by atoms with Crippen molar-refractivity contribution in [3.8, 4) is 11.5 Å². The first kappa shape index (κ1) is 21.1. The first-order valence-corrected chi connectivity index (χ1v) is 8.82. The molecule has 142 valence electrons. The molecule has 1 aromatic rings. The fourth-order valence-corrected chi connectivity index (χ4v) is 2.30. The maximum atomic E-state index is 11.8. The normalized spacial score (nSPS) is 11.3. The van der Waals surface area contributed by atoms with Gasteiger partial charge in [0.15, 0.2) is 11.5 Å². The maximum Gasteiger partial charge on any atom is 0.412 e. The van der Waals surface area contributed by atoms with Crippen molar-refractivity contribution in [3.05, 3.63) is 18.2 Å². The average Bonchev–Trinajstić information content (AvgIpc) is 2.54. The van der Waals surface area contributed by atoms with Gasteiger partial charge in [0.25, 0.3) is 0 Å². The molecule has 0 aromatic heterocycles. The minimum Gasteiger partial charge on any atom is -0.493 e. The topological polar surface area (TPSA) is 60.0 Å². The molecule has 6 nitrogen and oxygen atoms in total. The predicted molar refractivity (Wildman–Crippen MR) is 101 cm³/mol. The molecule has 0 saturated carbocycles. The molecule has 0 aliphatic heterocycles. The van der Waals surface area contributed by atoms with Crippen molar-refractivity contribution in [2.24, 2.45) is 0 Å². The van der Waals surface area contributed by atoms with Crippen LogP contribution in [0, 0.1) is 0 Å². The summed E-state index contributed by atoms with van der Waals surface area (Å²) < 4.78 is 16.4. The van der Waals surface area contributed by atoms with E-state index in [9.17, 15) is 4.79 Å². The Morgan fingerprint density at radius 1 is 1.16 bits per heavy atom. The van der Waals surface area contributed by atoms with Gasteiger partial charge in [-0.25, -0.2) is 4.79 Å². The highest BCUT2D eigenvalue weighted by Crippen LogP contribution is 2.30. The number of anilines is 1. The third-order valence-electron chi connectivity index (χ3n) is 3.58. The van der Waals surface area contributed by atoms with E-state index in [2.05, 4.69) is 24.1 Å². The van der Waals surface area contributed by atoms with Crippen molar-refractivity contribution >= 4 is 11.8 Å². The van der Waals surface area contributed by atoms with E-state index in [1.807, 2.05) is 20.8 Å². The monoisotopic (exact) mass is 352 g/mol. The van der Waals surface area contributed by atoms with Crippen LogP contribution in [-0.4, -0.2) is 49.9 Å². The summed E-state index contributed by atoms with van der Waals surface area (Å²) in [5.41, 5.74) is 0.0591. The second kappa shape index (κ2) is 10.1. The van der Waals surface area contributed by atoms with E-state index in [0.717, 1.165) is 26.1 Å². The fraction of sp³-hybridized carbons (Fsp3) is 0.632. The largest absolute Gasteiger partial charge is 0.493 e. The third kappa shape index (κ3) is 8.12. The summed E-state index contributed by atoms with van der Waals surface area (Å²) in [7, 11) is 1.58. The quantitative estimate of drug-likeness (QED) is 0.677. The molecular formula is C19H32N2O4. The van der Waals surface area contributed by atoms with Crippen LogP contribution in [0.25, 0.3) is 0 Å². The summed E-state index contributed by atoms with van der Waals surface area (Å²) in [6.45, 7) is 13.5. The highest BCUT2D eigenvalue weighted by Gasteiger charge is 2.17. The number of hydrogen-bond acceptors (Lipinski definition) is 5. The van der Waals surface area contributed by atoms with Gasteiger partial charge in [-0.1, -0.05) is 13.8 Å². The number of amides is 1. The van der Waals surface area contributed by atoms with Crippen LogP contribution in [0.5, 0.6) is 11.5 Å². The SMILES string of the molecule is CCN(CC)CCCOc1ccc(NC(=O)OC(C)(C)C)cc1OC. The molecule has 6 heteroatoms. The minimum absolute atomic E-state index is 0.498. The zero-order valence-corrected chi connectivity index (χ0v) is 16.3. The maximum absolute atomic E-state index is 11.8. The molecule has 1 amide bonds. The van der Waals surface area contributed by atoms with Gasteiger partial charge >= 0.3 is 6.09 Å². The first-order valence-electron chi connectivity index (χ1n) is 8.82. The van der Waals surface area contributed by atoms with Gasteiger partial charge in [0.2, 0.25) is 0 Å². The Hall–Kier alpha value is -1.95. The highest BCUT2D eigenvalue weighted by atomic mass is 16.6. The number of ether oxygens (including phenoxy) is 3. The van der Waals surface area contributed by atoms with Crippen LogP contribution in [0.2, 0.25) is 0 Å². The van der Waals surface area contributed by atoms with E-state index in [-0.39, 0.29) is 0 Å². The van der Waals surface area contributed by atoms with Crippen LogP contribution in [0.15, 0.2) is 18.2 Å². The van der Waals surface area contributed by atoms with E-state index in [1.165, 1.54) is 0 Å². The molecule has 25 heavy (non-hydrogen) atoms. The molecule has 0 aliphatic carbocycles. The number of rotatable bonds is 9. The second-order valence-electron chi connectivity index (χ2n) is 6.72. The van der Waals surface area contributed by atoms with E-state index in [1.54, 1.807) is 25.3 Å². The highest BCUT2D eigenvalue weighted by molar-refractivity contribution is 5.85. The predicted octanol–water partition coefficient (Wildman–Crippen LogP) is 4.15. The molecule has 0 radical (unpaired) electrons. The van der Waals surface area contributed by atoms with Crippen molar-refractivity contribution in [1.82, 2.24) is 4.90 Å². The van der Waals surface area contributed by atoms with Crippen LogP contribution in [0.4, 0.5) is 10.5 Å². The van der Waals surface area contributed by atoms with Gasteiger partial charge in [0, 0.05) is 18.3 Å². The van der Waals surface area contributed by atoms with Crippen LogP contribution in [0.1, 0.15) is 41.0 Å². The molecule has 0 fully saturated rings. The third-order valence-corrected chi connectivity index (χ3v) is 3.58. The number of carbonyl (C=O) groups excluding carboxylic acids is 1. The molecule has 0 aliphatic rings. The summed E-state index contributed by atoms with van der Waals surface area (Å²) in [5, 5.41) is 2.69. The van der Waals surface area contributed by atoms with Crippen LogP contribution in [-0.2, 0) is 4.74 Å². The van der Waals surface area contributed by atoms with Crippen LogP contribution < -0.4 is 14.8 Å². The number of methoxy groups -OCH3 is 1. The average molecular weight is 352 g/mol. The van der Waals surface area contributed by atoms with Crippen molar-refractivity contribution in [2.45, 2.75) is 46.6 Å². The summed E-state index contributed by atoms with van der Waals surface area (Å²) in [6, 6.07) is 5.29. The number of benzene rings is 1. The Bertz CT molecular complexity index is 537. The lowest BCUT2D eigenvalue weighted by Gasteiger charge is -2.20. The van der Waals surface area contributed by atoms with Crippen LogP contribution >= 0.6 is 0 Å².